The van der Waals surface area contributed by atoms with Crippen LogP contribution < -0.4 is 0 Å². The molecule has 320 valence electrons. The van der Waals surface area contributed by atoms with Gasteiger partial charge in [-0.25, -0.2) is 0 Å². The fourth-order valence-corrected chi connectivity index (χ4v) is 13.2. The first-order valence-electron chi connectivity index (χ1n) is 23.9. The van der Waals surface area contributed by atoms with Crippen molar-refractivity contribution in [2.45, 2.75) is 38.5 Å². The van der Waals surface area contributed by atoms with Crippen LogP contribution in [0.15, 0.2) is 206 Å². The lowest BCUT2D eigenvalue weighted by molar-refractivity contribution is 0.103. The number of hydrogen-bond donors (Lipinski definition) is 0. The highest BCUT2D eigenvalue weighted by Crippen LogP contribution is 2.65. The molecule has 1 heteroatoms. The van der Waals surface area contributed by atoms with E-state index in [4.69, 9.17) is 0 Å². The van der Waals surface area contributed by atoms with Gasteiger partial charge in [0.25, 0.3) is 0 Å². The Labute approximate surface area is 398 Å². The molecule has 4 aliphatic carbocycles. The van der Waals surface area contributed by atoms with Gasteiger partial charge in [-0.1, -0.05) is 193 Å². The minimum absolute atomic E-state index is 0.0269. The Bertz CT molecular complexity index is 3710. The molecule has 0 radical (unpaired) electrons. The number of benzene rings is 10. The van der Waals surface area contributed by atoms with Gasteiger partial charge >= 0.3 is 0 Å². The minimum atomic E-state index is -0.671. The summed E-state index contributed by atoms with van der Waals surface area (Å²) in [4.78, 5) is 15.6. The van der Waals surface area contributed by atoms with Gasteiger partial charge in [-0.2, -0.15) is 0 Å². The summed E-state index contributed by atoms with van der Waals surface area (Å²) in [7, 11) is 0. The summed E-state index contributed by atoms with van der Waals surface area (Å²) in [5, 5.41) is 0. The third-order valence-corrected chi connectivity index (χ3v) is 16.1. The molecule has 0 amide bonds. The van der Waals surface area contributed by atoms with Crippen LogP contribution in [0.4, 0.5) is 0 Å². The summed E-state index contributed by atoms with van der Waals surface area (Å²) >= 11 is 0. The van der Waals surface area contributed by atoms with Gasteiger partial charge in [0, 0.05) is 11.1 Å². The number of aryl methyl sites for hydroxylation is 4. The van der Waals surface area contributed by atoms with E-state index in [-0.39, 0.29) is 5.78 Å². The van der Waals surface area contributed by atoms with Gasteiger partial charge < -0.3 is 0 Å². The molecule has 14 rings (SSSR count). The highest BCUT2D eigenvalue weighted by Gasteiger charge is 2.53. The molecular weight excluding hydrogens is 821 g/mol. The zero-order valence-electron chi connectivity index (χ0n) is 38.5. The van der Waals surface area contributed by atoms with E-state index < -0.39 is 10.8 Å². The number of rotatable bonds is 4. The molecule has 0 atom stereocenters. The Balaban J connectivity index is 0.998. The standard InChI is InChI=1S/C67H46O/c1-39-21-23-41(3)55(33-39)43-25-29-53-54-30-26-44(56-34-40(2)22-24-42(56)4)36-62(54)67(61(53)35-43)60-20-12-8-16-50(60)52-32-28-46(38-64(52)67)65(68)45-27-31-51-49-15-7-11-19-59(49)66(63(51)37-45)57-17-9-5-13-47(57)48-14-6-10-18-58(48)66/h5-38H,1-4H3. The zero-order chi connectivity index (χ0) is 45.6. The molecule has 0 N–H and O–H groups in total. The van der Waals surface area contributed by atoms with Crippen LogP contribution in [0.25, 0.3) is 66.8 Å². The number of hydrogen-bond acceptors (Lipinski definition) is 1. The van der Waals surface area contributed by atoms with Crippen LogP contribution in [-0.2, 0) is 10.8 Å². The van der Waals surface area contributed by atoms with E-state index in [2.05, 4.69) is 234 Å². The largest absolute Gasteiger partial charge is 0.289 e. The highest BCUT2D eigenvalue weighted by molar-refractivity contribution is 6.11. The third kappa shape index (κ3) is 4.98. The van der Waals surface area contributed by atoms with Crippen molar-refractivity contribution >= 4 is 5.78 Å². The first kappa shape index (κ1) is 39.1. The molecule has 0 heterocycles. The average molecular weight is 867 g/mol. The Kier molecular flexibility index (Phi) is 8.02. The predicted molar refractivity (Wildman–Crippen MR) is 279 cm³/mol. The summed E-state index contributed by atoms with van der Waals surface area (Å²) in [6.07, 6.45) is 0. The Hall–Kier alpha value is -8.13. The van der Waals surface area contributed by atoms with Gasteiger partial charge in [0.1, 0.15) is 0 Å². The van der Waals surface area contributed by atoms with Crippen molar-refractivity contribution in [3.63, 3.8) is 0 Å². The van der Waals surface area contributed by atoms with E-state index in [1.807, 2.05) is 0 Å². The smallest absolute Gasteiger partial charge is 0.193 e. The zero-order valence-corrected chi connectivity index (χ0v) is 38.5. The maximum Gasteiger partial charge on any atom is 0.193 e. The van der Waals surface area contributed by atoms with E-state index in [1.54, 1.807) is 0 Å². The van der Waals surface area contributed by atoms with E-state index in [1.165, 1.54) is 128 Å². The van der Waals surface area contributed by atoms with Crippen molar-refractivity contribution in [2.24, 2.45) is 0 Å². The first-order chi connectivity index (χ1) is 33.3. The number of ketones is 1. The predicted octanol–water partition coefficient (Wildman–Crippen LogP) is 16.2. The lowest BCUT2D eigenvalue weighted by Gasteiger charge is -2.31. The van der Waals surface area contributed by atoms with Gasteiger partial charge in [-0.05, 0) is 174 Å². The molecule has 68 heavy (non-hydrogen) atoms. The van der Waals surface area contributed by atoms with Gasteiger partial charge in [0.15, 0.2) is 5.78 Å². The van der Waals surface area contributed by atoms with Gasteiger partial charge in [-0.15, -0.1) is 0 Å². The monoisotopic (exact) mass is 866 g/mol. The summed E-state index contributed by atoms with van der Waals surface area (Å²) in [5.41, 5.74) is 29.8. The van der Waals surface area contributed by atoms with Crippen LogP contribution in [0.2, 0.25) is 0 Å². The fraction of sp³-hybridized carbons (Fsp3) is 0.0896. The Morgan fingerprint density at radius 3 is 0.971 bits per heavy atom. The Morgan fingerprint density at radius 2 is 0.588 bits per heavy atom. The molecule has 0 unspecified atom stereocenters. The lowest BCUT2D eigenvalue weighted by atomic mass is 9.69. The van der Waals surface area contributed by atoms with E-state index in [0.717, 1.165) is 5.56 Å². The second kappa shape index (κ2) is 14.0. The normalized spacial score (nSPS) is 14.2. The second-order valence-corrected chi connectivity index (χ2v) is 19.7. The van der Waals surface area contributed by atoms with Crippen molar-refractivity contribution in [3.05, 3.63) is 284 Å². The van der Waals surface area contributed by atoms with Crippen LogP contribution in [0.3, 0.4) is 0 Å². The molecular formula is C67H46O. The van der Waals surface area contributed by atoms with Gasteiger partial charge in [-0.3, -0.25) is 4.79 Å². The van der Waals surface area contributed by atoms with Gasteiger partial charge in [0.05, 0.1) is 10.8 Å². The number of carbonyl (C=O) groups excluding carboxylic acids is 1. The van der Waals surface area contributed by atoms with Crippen molar-refractivity contribution in [3.8, 4) is 66.8 Å². The molecule has 0 saturated heterocycles. The molecule has 0 aromatic heterocycles. The third-order valence-electron chi connectivity index (χ3n) is 16.1. The molecule has 10 aromatic rings. The maximum absolute atomic E-state index is 15.6. The molecule has 0 fully saturated rings. The second-order valence-electron chi connectivity index (χ2n) is 19.7. The summed E-state index contributed by atoms with van der Waals surface area (Å²) in [6.45, 7) is 8.78. The van der Waals surface area contributed by atoms with Crippen LogP contribution >= 0.6 is 0 Å². The van der Waals surface area contributed by atoms with Crippen LogP contribution in [0.5, 0.6) is 0 Å². The fourth-order valence-electron chi connectivity index (χ4n) is 13.2. The summed E-state index contributed by atoms with van der Waals surface area (Å²) in [5.74, 6) is 0.0269. The summed E-state index contributed by atoms with van der Waals surface area (Å²) < 4.78 is 0. The molecule has 4 aliphatic rings. The van der Waals surface area contributed by atoms with Crippen molar-refractivity contribution in [1.29, 1.82) is 0 Å². The molecule has 0 bridgehead atoms. The maximum atomic E-state index is 15.6. The Morgan fingerprint density at radius 1 is 0.279 bits per heavy atom. The van der Waals surface area contributed by atoms with Crippen LogP contribution in [-0.4, -0.2) is 5.78 Å². The van der Waals surface area contributed by atoms with E-state index in [9.17, 15) is 0 Å². The molecule has 2 spiro atoms. The summed E-state index contributed by atoms with van der Waals surface area (Å²) in [6, 6.07) is 76.3. The molecule has 1 nitrogen and oxygen atoms in total. The van der Waals surface area contributed by atoms with Crippen LogP contribution in [0.1, 0.15) is 82.7 Å². The molecule has 0 saturated carbocycles. The van der Waals surface area contributed by atoms with Crippen molar-refractivity contribution < 1.29 is 4.79 Å². The first-order valence-corrected chi connectivity index (χ1v) is 23.9. The average Bonchev–Trinajstić information content (AvgIpc) is 4.05. The number of carbonyl (C=O) groups is 1. The highest BCUT2D eigenvalue weighted by atomic mass is 16.1. The van der Waals surface area contributed by atoms with Gasteiger partial charge in [0.2, 0.25) is 0 Å². The molecule has 0 aliphatic heterocycles. The lowest BCUT2D eigenvalue weighted by Crippen LogP contribution is -2.26. The van der Waals surface area contributed by atoms with Crippen molar-refractivity contribution in [1.82, 2.24) is 0 Å². The topological polar surface area (TPSA) is 17.1 Å². The van der Waals surface area contributed by atoms with Crippen LogP contribution in [0, 0.1) is 27.7 Å². The van der Waals surface area contributed by atoms with E-state index >= 15 is 4.79 Å². The van der Waals surface area contributed by atoms with E-state index in [0.29, 0.717) is 11.1 Å². The number of fused-ring (bicyclic) bond motifs is 20. The molecule has 10 aromatic carbocycles. The minimum Gasteiger partial charge on any atom is -0.289 e. The van der Waals surface area contributed by atoms with Crippen molar-refractivity contribution in [2.75, 3.05) is 0 Å². The SMILES string of the molecule is Cc1ccc(C)c(-c2ccc3c(c2)C2(c4ccccc4-c4ccc(C(=O)c5ccc6c(c5)C5(c7ccccc7-c7ccccc75)c5ccccc5-6)cc42)c2cc(-c4cc(C)ccc4C)ccc2-3)c1. The quantitative estimate of drug-likeness (QED) is 0.161.